The minimum atomic E-state index is -0.222. The van der Waals surface area contributed by atoms with Gasteiger partial charge >= 0.3 is 0 Å². The summed E-state index contributed by atoms with van der Waals surface area (Å²) in [6, 6.07) is 8.33. The zero-order valence-corrected chi connectivity index (χ0v) is 15.0. The van der Waals surface area contributed by atoms with E-state index in [1.165, 1.54) is 0 Å². The molecule has 1 aromatic heterocycles. The van der Waals surface area contributed by atoms with E-state index in [1.54, 1.807) is 0 Å². The van der Waals surface area contributed by atoms with Gasteiger partial charge in [0.25, 0.3) is 11.8 Å². The third-order valence-electron chi connectivity index (χ3n) is 4.98. The Morgan fingerprint density at radius 1 is 1.23 bits per heavy atom. The predicted molar refractivity (Wildman–Crippen MR) is 98.0 cm³/mol. The van der Waals surface area contributed by atoms with E-state index >= 15 is 0 Å². The van der Waals surface area contributed by atoms with Gasteiger partial charge in [-0.05, 0) is 44.6 Å². The van der Waals surface area contributed by atoms with Gasteiger partial charge in [-0.25, -0.2) is 4.98 Å². The summed E-state index contributed by atoms with van der Waals surface area (Å²) >= 11 is 0. The number of carbonyl (C=O) groups excluding carboxylic acids is 2. The van der Waals surface area contributed by atoms with Crippen LogP contribution in [0.25, 0.3) is 0 Å². The van der Waals surface area contributed by atoms with Gasteiger partial charge < -0.3 is 15.2 Å². The summed E-state index contributed by atoms with van der Waals surface area (Å²) in [6.07, 6.45) is 4.90. The second-order valence-electron chi connectivity index (χ2n) is 7.26. The molecule has 4 rings (SSSR count). The van der Waals surface area contributed by atoms with Crippen molar-refractivity contribution in [3.05, 3.63) is 52.6 Å². The van der Waals surface area contributed by atoms with Gasteiger partial charge in [0.2, 0.25) is 0 Å². The normalized spacial score (nSPS) is 16.0. The molecule has 26 heavy (non-hydrogen) atoms. The number of rotatable bonds is 5. The molecule has 2 aromatic rings. The molecule has 2 heterocycles. The van der Waals surface area contributed by atoms with Crippen molar-refractivity contribution in [2.45, 2.75) is 58.2 Å². The van der Waals surface area contributed by atoms with Gasteiger partial charge in [0.15, 0.2) is 5.82 Å². The zero-order valence-electron chi connectivity index (χ0n) is 15.0. The molecule has 0 bridgehead atoms. The van der Waals surface area contributed by atoms with Crippen molar-refractivity contribution in [2.75, 3.05) is 0 Å². The van der Waals surface area contributed by atoms with Gasteiger partial charge in [0.1, 0.15) is 5.69 Å². The van der Waals surface area contributed by atoms with Crippen LogP contribution in [0, 0.1) is 6.92 Å². The van der Waals surface area contributed by atoms with Gasteiger partial charge in [-0.15, -0.1) is 0 Å². The van der Waals surface area contributed by atoms with E-state index in [2.05, 4.69) is 21.7 Å². The van der Waals surface area contributed by atoms with Crippen molar-refractivity contribution in [2.24, 2.45) is 0 Å². The standard InChI is InChI=1S/C20H24N4O2/c1-13-5-4-6-14(11-13)12-21-20(26)18-23-17(19(25)22-15-8-9-15)16-7-2-3-10-24(16)18/h4-6,11,15H,2-3,7-10,12H2,1H3,(H,21,26)(H,22,25). The Hall–Kier alpha value is -2.63. The third kappa shape index (κ3) is 3.49. The van der Waals surface area contributed by atoms with Gasteiger partial charge in [-0.3, -0.25) is 9.59 Å². The minimum absolute atomic E-state index is 0.143. The monoisotopic (exact) mass is 352 g/mol. The van der Waals surface area contributed by atoms with E-state index < -0.39 is 0 Å². The van der Waals surface area contributed by atoms with Crippen LogP contribution >= 0.6 is 0 Å². The third-order valence-corrected chi connectivity index (χ3v) is 4.98. The summed E-state index contributed by atoms with van der Waals surface area (Å²) in [5.74, 6) is -0.00990. The van der Waals surface area contributed by atoms with Crippen LogP contribution in [0.2, 0.25) is 0 Å². The van der Waals surface area contributed by atoms with Gasteiger partial charge in [0, 0.05) is 19.1 Å². The molecule has 2 N–H and O–H groups in total. The highest BCUT2D eigenvalue weighted by atomic mass is 16.2. The van der Waals surface area contributed by atoms with Gasteiger partial charge in [-0.2, -0.15) is 0 Å². The molecule has 0 spiro atoms. The number of imidazole rings is 1. The lowest BCUT2D eigenvalue weighted by molar-refractivity contribution is 0.0935. The number of amides is 2. The number of aryl methyl sites for hydroxylation is 1. The Bertz CT molecular complexity index is 851. The van der Waals surface area contributed by atoms with Crippen LogP contribution < -0.4 is 10.6 Å². The topological polar surface area (TPSA) is 76.0 Å². The van der Waals surface area contributed by atoms with Crippen molar-refractivity contribution in [3.63, 3.8) is 0 Å². The fourth-order valence-corrected chi connectivity index (χ4v) is 3.46. The van der Waals surface area contributed by atoms with Crippen LogP contribution in [0.4, 0.5) is 0 Å². The van der Waals surface area contributed by atoms with Gasteiger partial charge in [-0.1, -0.05) is 29.8 Å². The molecule has 1 aromatic carbocycles. The first-order valence-electron chi connectivity index (χ1n) is 9.36. The smallest absolute Gasteiger partial charge is 0.287 e. The molecule has 2 aliphatic rings. The fraction of sp³-hybridized carbons (Fsp3) is 0.450. The van der Waals surface area contributed by atoms with E-state index in [1.807, 2.05) is 29.7 Å². The predicted octanol–water partition coefficient (Wildman–Crippen LogP) is 2.35. The van der Waals surface area contributed by atoms with Crippen molar-refractivity contribution >= 4 is 11.8 Å². The SMILES string of the molecule is Cc1cccc(CNC(=O)c2nc(C(=O)NC3CC3)c3n2CCCC3)c1. The summed E-state index contributed by atoms with van der Waals surface area (Å²) in [6.45, 7) is 3.22. The quantitative estimate of drug-likeness (QED) is 0.867. The van der Waals surface area contributed by atoms with E-state index in [0.29, 0.717) is 18.1 Å². The summed E-state index contributed by atoms with van der Waals surface area (Å²) in [5, 5.41) is 5.93. The first-order valence-corrected chi connectivity index (χ1v) is 9.36. The maximum Gasteiger partial charge on any atom is 0.287 e. The number of aromatic nitrogens is 2. The molecule has 6 heteroatoms. The van der Waals surface area contributed by atoms with E-state index in [0.717, 1.165) is 55.5 Å². The molecular formula is C20H24N4O2. The van der Waals surface area contributed by atoms with E-state index in [4.69, 9.17) is 0 Å². The molecule has 1 aliphatic carbocycles. The summed E-state index contributed by atoms with van der Waals surface area (Å²) in [5.41, 5.74) is 3.54. The fourth-order valence-electron chi connectivity index (χ4n) is 3.46. The van der Waals surface area contributed by atoms with Crippen molar-refractivity contribution in [1.29, 1.82) is 0 Å². The average Bonchev–Trinajstić information content (AvgIpc) is 3.36. The Morgan fingerprint density at radius 3 is 2.85 bits per heavy atom. The first-order chi connectivity index (χ1) is 12.6. The molecule has 0 atom stereocenters. The first kappa shape index (κ1) is 16.8. The molecule has 2 amide bonds. The molecular weight excluding hydrogens is 328 g/mol. The maximum absolute atomic E-state index is 12.7. The lowest BCUT2D eigenvalue weighted by atomic mass is 10.1. The maximum atomic E-state index is 12.7. The van der Waals surface area contributed by atoms with E-state index in [9.17, 15) is 9.59 Å². The van der Waals surface area contributed by atoms with E-state index in [-0.39, 0.29) is 17.9 Å². The Kier molecular flexibility index (Phi) is 4.49. The highest BCUT2D eigenvalue weighted by molar-refractivity contribution is 5.97. The second kappa shape index (κ2) is 6.94. The van der Waals surface area contributed by atoms with Crippen LogP contribution in [-0.4, -0.2) is 27.4 Å². The number of hydrogen-bond donors (Lipinski definition) is 2. The highest BCUT2D eigenvalue weighted by Crippen LogP contribution is 2.23. The molecule has 1 saturated carbocycles. The van der Waals surface area contributed by atoms with Gasteiger partial charge in [0.05, 0.1) is 5.69 Å². The lowest BCUT2D eigenvalue weighted by Crippen LogP contribution is -2.27. The molecule has 6 nitrogen and oxygen atoms in total. The largest absolute Gasteiger partial charge is 0.348 e. The zero-order chi connectivity index (χ0) is 18.1. The molecule has 0 saturated heterocycles. The number of fused-ring (bicyclic) bond motifs is 1. The van der Waals surface area contributed by atoms with Crippen LogP contribution in [0.5, 0.6) is 0 Å². The molecule has 1 fully saturated rings. The van der Waals surface area contributed by atoms with Crippen LogP contribution in [0.1, 0.15) is 63.6 Å². The molecule has 1 aliphatic heterocycles. The lowest BCUT2D eigenvalue weighted by Gasteiger charge is -2.17. The number of hydrogen-bond acceptors (Lipinski definition) is 3. The molecule has 136 valence electrons. The van der Waals surface area contributed by atoms with Crippen LogP contribution in [-0.2, 0) is 19.5 Å². The summed E-state index contributed by atoms with van der Waals surface area (Å²) in [7, 11) is 0. The Labute approximate surface area is 153 Å². The Balaban J connectivity index is 1.53. The summed E-state index contributed by atoms with van der Waals surface area (Å²) < 4.78 is 1.93. The highest BCUT2D eigenvalue weighted by Gasteiger charge is 2.30. The summed E-state index contributed by atoms with van der Waals surface area (Å²) in [4.78, 5) is 29.7. The molecule has 0 radical (unpaired) electrons. The number of carbonyl (C=O) groups is 2. The van der Waals surface area contributed by atoms with Crippen molar-refractivity contribution in [3.8, 4) is 0 Å². The number of nitrogens with one attached hydrogen (secondary N) is 2. The second-order valence-corrected chi connectivity index (χ2v) is 7.26. The Morgan fingerprint density at radius 2 is 2.08 bits per heavy atom. The van der Waals surface area contributed by atoms with Crippen LogP contribution in [0.3, 0.4) is 0 Å². The molecule has 0 unspecified atom stereocenters. The number of nitrogens with zero attached hydrogens (tertiary/aromatic N) is 2. The van der Waals surface area contributed by atoms with Crippen molar-refractivity contribution in [1.82, 2.24) is 20.2 Å². The average molecular weight is 352 g/mol. The van der Waals surface area contributed by atoms with Crippen LogP contribution in [0.15, 0.2) is 24.3 Å². The minimum Gasteiger partial charge on any atom is -0.348 e. The number of benzene rings is 1. The van der Waals surface area contributed by atoms with Crippen molar-refractivity contribution < 1.29 is 9.59 Å².